The van der Waals surface area contributed by atoms with Crippen LogP contribution in [0.25, 0.3) is 33.0 Å². The fraction of sp³-hybridized carbons (Fsp3) is 0.0400. The zero-order valence-electron chi connectivity index (χ0n) is 17.1. The lowest BCUT2D eigenvalue weighted by atomic mass is 10.2. The highest BCUT2D eigenvalue weighted by Crippen LogP contribution is 2.27. The summed E-state index contributed by atoms with van der Waals surface area (Å²) < 4.78 is 2.17. The summed E-state index contributed by atoms with van der Waals surface area (Å²) >= 11 is 0. The Kier molecular flexibility index (Phi) is 4.35. The predicted octanol–water partition coefficient (Wildman–Crippen LogP) is 4.96. The molecular formula is C25H19N7. The fourth-order valence-electron chi connectivity index (χ4n) is 4.04. The Morgan fingerprint density at radius 3 is 2.56 bits per heavy atom. The number of aromatic amines is 1. The van der Waals surface area contributed by atoms with E-state index in [9.17, 15) is 0 Å². The number of hydrazone groups is 1. The number of hydrogen-bond donors (Lipinski definition) is 2. The van der Waals surface area contributed by atoms with Crippen LogP contribution in [0.5, 0.6) is 0 Å². The van der Waals surface area contributed by atoms with Crippen molar-refractivity contribution in [2.24, 2.45) is 5.10 Å². The zero-order chi connectivity index (χ0) is 21.3. The Bertz CT molecular complexity index is 1580. The average Bonchev–Trinajstić information content (AvgIpc) is 3.39. The second-order valence-corrected chi connectivity index (χ2v) is 7.56. The number of benzene rings is 3. The summed E-state index contributed by atoms with van der Waals surface area (Å²) in [5.41, 5.74) is 8.81. The van der Waals surface area contributed by atoms with Crippen molar-refractivity contribution >= 4 is 45.1 Å². The lowest BCUT2D eigenvalue weighted by Gasteiger charge is -2.07. The first-order chi connectivity index (χ1) is 15.9. The van der Waals surface area contributed by atoms with Crippen LogP contribution in [0, 0.1) is 0 Å². The highest BCUT2D eigenvalue weighted by Gasteiger charge is 2.14. The molecule has 7 nitrogen and oxygen atoms in total. The standard InChI is InChI=1S/C25H19N7/c1-2-8-17(9-3-1)16-32-22-13-7-5-11-20(22)23-24(32)28-25(31-29-23)30-27-15-18-14-26-21-12-6-4-10-19(18)21/h1-15,26H,16H2,(H,28,30,31). The molecule has 154 valence electrons. The molecule has 0 bridgehead atoms. The lowest BCUT2D eigenvalue weighted by Crippen LogP contribution is -2.04. The molecule has 0 radical (unpaired) electrons. The van der Waals surface area contributed by atoms with Gasteiger partial charge in [-0.2, -0.15) is 10.1 Å². The van der Waals surface area contributed by atoms with E-state index >= 15 is 0 Å². The van der Waals surface area contributed by atoms with Gasteiger partial charge in [-0.05, 0) is 17.7 Å². The van der Waals surface area contributed by atoms with Crippen LogP contribution in [0.2, 0.25) is 0 Å². The molecule has 0 saturated carbocycles. The van der Waals surface area contributed by atoms with Gasteiger partial charge >= 0.3 is 0 Å². The van der Waals surface area contributed by atoms with Crippen molar-refractivity contribution in [2.45, 2.75) is 6.54 Å². The predicted molar refractivity (Wildman–Crippen MR) is 128 cm³/mol. The summed E-state index contributed by atoms with van der Waals surface area (Å²) in [5.74, 6) is 0.353. The molecule has 0 fully saturated rings. The quantitative estimate of drug-likeness (QED) is 0.307. The molecule has 0 aliphatic heterocycles. The number of hydrogen-bond acceptors (Lipinski definition) is 5. The highest BCUT2D eigenvalue weighted by atomic mass is 15.4. The molecule has 0 saturated heterocycles. The third kappa shape index (κ3) is 3.16. The Morgan fingerprint density at radius 1 is 0.875 bits per heavy atom. The molecule has 0 aliphatic rings. The topological polar surface area (TPSA) is 83.8 Å². The van der Waals surface area contributed by atoms with Gasteiger partial charge in [0.05, 0.1) is 11.7 Å². The maximum Gasteiger partial charge on any atom is 0.265 e. The van der Waals surface area contributed by atoms with Gasteiger partial charge in [-0.3, -0.25) is 0 Å². The summed E-state index contributed by atoms with van der Waals surface area (Å²) in [5, 5.41) is 15.2. The van der Waals surface area contributed by atoms with Gasteiger partial charge in [0.15, 0.2) is 5.65 Å². The molecule has 3 aromatic heterocycles. The van der Waals surface area contributed by atoms with E-state index in [2.05, 4.69) is 60.6 Å². The highest BCUT2D eigenvalue weighted by molar-refractivity contribution is 6.04. The summed E-state index contributed by atoms with van der Waals surface area (Å²) in [4.78, 5) is 7.99. The number of nitrogens with zero attached hydrogens (tertiary/aromatic N) is 5. The van der Waals surface area contributed by atoms with E-state index in [1.165, 1.54) is 5.56 Å². The molecule has 0 unspecified atom stereocenters. The normalized spacial score (nSPS) is 11.8. The van der Waals surface area contributed by atoms with Crippen molar-refractivity contribution in [3.63, 3.8) is 0 Å². The van der Waals surface area contributed by atoms with Gasteiger partial charge in [0.1, 0.15) is 5.52 Å². The number of nitrogens with one attached hydrogen (secondary N) is 2. The van der Waals surface area contributed by atoms with Gasteiger partial charge in [-0.1, -0.05) is 66.7 Å². The minimum atomic E-state index is 0.353. The van der Waals surface area contributed by atoms with Crippen molar-refractivity contribution in [3.05, 3.63) is 96.2 Å². The summed E-state index contributed by atoms with van der Waals surface area (Å²) in [6.45, 7) is 0.696. The largest absolute Gasteiger partial charge is 0.361 e. The molecular weight excluding hydrogens is 398 g/mol. The monoisotopic (exact) mass is 417 g/mol. The Morgan fingerprint density at radius 2 is 1.66 bits per heavy atom. The maximum atomic E-state index is 4.75. The first-order valence-electron chi connectivity index (χ1n) is 10.4. The van der Waals surface area contributed by atoms with Crippen LogP contribution < -0.4 is 5.43 Å². The average molecular weight is 417 g/mol. The first kappa shape index (κ1) is 18.3. The molecule has 3 aromatic carbocycles. The van der Waals surface area contributed by atoms with Crippen LogP contribution in [0.1, 0.15) is 11.1 Å². The van der Waals surface area contributed by atoms with Crippen LogP contribution >= 0.6 is 0 Å². The van der Waals surface area contributed by atoms with E-state index in [0.717, 1.165) is 38.5 Å². The van der Waals surface area contributed by atoms with Crippen molar-refractivity contribution in [1.29, 1.82) is 0 Å². The number of anilines is 1. The third-order valence-electron chi connectivity index (χ3n) is 5.55. The first-order valence-corrected chi connectivity index (χ1v) is 10.4. The number of aromatic nitrogens is 5. The molecule has 3 heterocycles. The number of H-pyrrole nitrogens is 1. The molecule has 7 heteroatoms. The van der Waals surface area contributed by atoms with Crippen molar-refractivity contribution < 1.29 is 0 Å². The van der Waals surface area contributed by atoms with Crippen molar-refractivity contribution in [3.8, 4) is 0 Å². The van der Waals surface area contributed by atoms with Gasteiger partial charge in [0, 0.05) is 34.6 Å². The van der Waals surface area contributed by atoms with Crippen molar-refractivity contribution in [1.82, 2.24) is 24.7 Å². The summed E-state index contributed by atoms with van der Waals surface area (Å²) in [6, 6.07) is 26.6. The summed E-state index contributed by atoms with van der Waals surface area (Å²) in [7, 11) is 0. The van der Waals surface area contributed by atoms with Crippen LogP contribution in [0.15, 0.2) is 90.2 Å². The van der Waals surface area contributed by atoms with E-state index in [0.29, 0.717) is 12.5 Å². The lowest BCUT2D eigenvalue weighted by molar-refractivity contribution is 0.848. The second kappa shape index (κ2) is 7.63. The van der Waals surface area contributed by atoms with Crippen LogP contribution in [-0.2, 0) is 6.54 Å². The molecule has 32 heavy (non-hydrogen) atoms. The Balaban J connectivity index is 1.37. The summed E-state index contributed by atoms with van der Waals surface area (Å²) in [6.07, 6.45) is 3.68. The van der Waals surface area contributed by atoms with Gasteiger partial charge in [0.25, 0.3) is 5.95 Å². The number of para-hydroxylation sites is 2. The maximum absolute atomic E-state index is 4.75. The number of rotatable bonds is 5. The van der Waals surface area contributed by atoms with E-state index in [1.807, 2.05) is 54.7 Å². The van der Waals surface area contributed by atoms with E-state index in [4.69, 9.17) is 4.98 Å². The zero-order valence-corrected chi connectivity index (χ0v) is 17.1. The third-order valence-corrected chi connectivity index (χ3v) is 5.55. The van der Waals surface area contributed by atoms with Gasteiger partial charge in [-0.25, -0.2) is 5.43 Å². The number of fused-ring (bicyclic) bond motifs is 4. The molecule has 6 rings (SSSR count). The SMILES string of the molecule is C(=NNc1nnc2c3ccccc3n(Cc3ccccc3)c2n1)c1c[nH]c2ccccc12. The van der Waals surface area contributed by atoms with E-state index < -0.39 is 0 Å². The Hall–Kier alpha value is -4.52. The van der Waals surface area contributed by atoms with Crippen LogP contribution in [0.3, 0.4) is 0 Å². The molecule has 0 amide bonds. The molecule has 0 spiro atoms. The smallest absolute Gasteiger partial charge is 0.265 e. The van der Waals surface area contributed by atoms with Gasteiger partial charge in [0.2, 0.25) is 0 Å². The fourth-order valence-corrected chi connectivity index (χ4v) is 4.04. The molecule has 6 aromatic rings. The van der Waals surface area contributed by atoms with Gasteiger partial charge in [-0.15, -0.1) is 10.2 Å². The van der Waals surface area contributed by atoms with Crippen molar-refractivity contribution in [2.75, 3.05) is 5.43 Å². The van der Waals surface area contributed by atoms with Crippen LogP contribution in [0.4, 0.5) is 5.95 Å². The minimum absolute atomic E-state index is 0.353. The molecule has 0 aliphatic carbocycles. The van der Waals surface area contributed by atoms with Crippen LogP contribution in [-0.4, -0.2) is 30.9 Å². The van der Waals surface area contributed by atoms with E-state index in [-0.39, 0.29) is 0 Å². The van der Waals surface area contributed by atoms with E-state index in [1.54, 1.807) is 6.21 Å². The molecule has 0 atom stereocenters. The second-order valence-electron chi connectivity index (χ2n) is 7.56. The van der Waals surface area contributed by atoms with Gasteiger partial charge < -0.3 is 9.55 Å². The molecule has 2 N–H and O–H groups in total. The Labute approximate surface area is 183 Å². The minimum Gasteiger partial charge on any atom is -0.361 e.